The molecule has 0 aliphatic carbocycles. The van der Waals surface area contributed by atoms with Crippen molar-refractivity contribution in [2.24, 2.45) is 10.4 Å². The van der Waals surface area contributed by atoms with E-state index in [1.165, 1.54) is 5.39 Å². The summed E-state index contributed by atoms with van der Waals surface area (Å²) in [5.74, 6) is 0. The maximum absolute atomic E-state index is 5.12. The third-order valence-electron chi connectivity index (χ3n) is 5.50. The van der Waals surface area contributed by atoms with Crippen molar-refractivity contribution in [3.8, 4) is 11.3 Å². The molecule has 0 saturated heterocycles. The van der Waals surface area contributed by atoms with Gasteiger partial charge in [0.15, 0.2) is 0 Å². The van der Waals surface area contributed by atoms with Gasteiger partial charge in [0.2, 0.25) is 0 Å². The Hall–Kier alpha value is -2.77. The van der Waals surface area contributed by atoms with Gasteiger partial charge in [-0.3, -0.25) is 4.99 Å². The molecule has 0 fully saturated rings. The summed E-state index contributed by atoms with van der Waals surface area (Å²) in [6.45, 7) is 13.5. The molecule has 0 saturated carbocycles. The standard InChI is InChI=1S/C31H33N3.Pt/c1-30(2,3)29(26-16-9-10-17-27(26)34-31(4,5)6)33-20-22-12-11-15-24(18-22)28-19-23-13-7-8-14-25(23)21-32-28;/h7-17,19,21H,20H2,1-6H3;/q-2;+2. The maximum atomic E-state index is 5.12. The van der Waals surface area contributed by atoms with Crippen LogP contribution in [0.5, 0.6) is 0 Å². The van der Waals surface area contributed by atoms with Crippen molar-refractivity contribution < 1.29 is 21.1 Å². The summed E-state index contributed by atoms with van der Waals surface area (Å²) < 4.78 is 0. The molecule has 4 aromatic rings. The molecular formula is C31H33N3Pt. The first kappa shape index (κ1) is 26.8. The molecule has 0 radical (unpaired) electrons. The topological polar surface area (TPSA) is 39.4 Å². The molecule has 3 aromatic carbocycles. The zero-order chi connectivity index (χ0) is 24.3. The summed E-state index contributed by atoms with van der Waals surface area (Å²) in [5.41, 5.74) is 5.81. The van der Waals surface area contributed by atoms with E-state index in [1.54, 1.807) is 0 Å². The molecule has 0 atom stereocenters. The minimum absolute atomic E-state index is 0. The van der Waals surface area contributed by atoms with Crippen LogP contribution in [-0.2, 0) is 27.6 Å². The van der Waals surface area contributed by atoms with Gasteiger partial charge in [-0.05, 0) is 22.0 Å². The molecular weight excluding hydrogens is 609 g/mol. The Balaban J connectivity index is 0.00000342. The van der Waals surface area contributed by atoms with Crippen LogP contribution in [0.1, 0.15) is 52.7 Å². The number of fused-ring (bicyclic) bond motifs is 1. The van der Waals surface area contributed by atoms with Gasteiger partial charge in [-0.2, -0.15) is 0 Å². The van der Waals surface area contributed by atoms with Crippen molar-refractivity contribution in [3.05, 3.63) is 102 Å². The van der Waals surface area contributed by atoms with Gasteiger partial charge in [-0.25, -0.2) is 0 Å². The number of aliphatic imine (C=N–C) groups is 1. The van der Waals surface area contributed by atoms with E-state index in [0.29, 0.717) is 6.54 Å². The first-order valence-corrected chi connectivity index (χ1v) is 11.8. The Morgan fingerprint density at radius 1 is 0.857 bits per heavy atom. The summed E-state index contributed by atoms with van der Waals surface area (Å²) in [6, 6.07) is 28.5. The third-order valence-corrected chi connectivity index (χ3v) is 5.50. The fraction of sp³-hybridized carbons (Fsp3) is 0.290. The van der Waals surface area contributed by atoms with E-state index in [1.807, 2.05) is 18.3 Å². The molecule has 0 spiro atoms. The van der Waals surface area contributed by atoms with Crippen LogP contribution in [-0.4, -0.2) is 16.2 Å². The van der Waals surface area contributed by atoms with E-state index in [-0.39, 0.29) is 32.0 Å². The summed E-state index contributed by atoms with van der Waals surface area (Å²) in [6.07, 6.45) is 1.93. The zero-order valence-corrected chi connectivity index (χ0v) is 23.6. The summed E-state index contributed by atoms with van der Waals surface area (Å²) in [7, 11) is 0. The molecule has 1 heterocycles. The number of aromatic nitrogens is 1. The van der Waals surface area contributed by atoms with Crippen molar-refractivity contribution >= 4 is 22.2 Å². The average Bonchev–Trinajstić information content (AvgIpc) is 2.78. The van der Waals surface area contributed by atoms with E-state index in [4.69, 9.17) is 10.3 Å². The van der Waals surface area contributed by atoms with Gasteiger partial charge in [0.1, 0.15) is 0 Å². The molecule has 3 nitrogen and oxygen atoms in total. The minimum Gasteiger partial charge on any atom is -0.679 e. The zero-order valence-electron chi connectivity index (χ0n) is 21.4. The van der Waals surface area contributed by atoms with Gasteiger partial charge >= 0.3 is 21.1 Å². The molecule has 4 heteroatoms. The Labute approximate surface area is 224 Å². The second-order valence-electron chi connectivity index (χ2n) is 10.7. The van der Waals surface area contributed by atoms with E-state index in [9.17, 15) is 0 Å². The number of benzene rings is 3. The fourth-order valence-electron chi connectivity index (χ4n) is 4.01. The molecule has 182 valence electrons. The Kier molecular flexibility index (Phi) is 8.33. The molecule has 35 heavy (non-hydrogen) atoms. The van der Waals surface area contributed by atoms with E-state index in [0.717, 1.165) is 39.2 Å². The van der Waals surface area contributed by atoms with Crippen molar-refractivity contribution in [3.63, 3.8) is 0 Å². The normalized spacial score (nSPS) is 12.3. The van der Waals surface area contributed by atoms with Crippen LogP contribution in [0.15, 0.2) is 84.0 Å². The molecule has 1 aromatic heterocycles. The first-order chi connectivity index (χ1) is 16.1. The third kappa shape index (κ3) is 6.89. The van der Waals surface area contributed by atoms with Crippen molar-refractivity contribution in [1.29, 1.82) is 0 Å². The van der Waals surface area contributed by atoms with Crippen LogP contribution in [0.4, 0.5) is 5.69 Å². The van der Waals surface area contributed by atoms with Gasteiger partial charge in [0.05, 0.1) is 0 Å². The SMILES string of the molecule is CC(C)(C)[N-]c1ccccc1C(=NCc1[c-]c(-c2cc3ccccc3cn2)ccc1)C(C)(C)C.[Pt+2]. The van der Waals surface area contributed by atoms with Crippen molar-refractivity contribution in [2.75, 3.05) is 0 Å². The van der Waals surface area contributed by atoms with Gasteiger partial charge < -0.3 is 10.3 Å². The molecule has 4 rings (SSSR count). The maximum Gasteiger partial charge on any atom is 2.00 e. The van der Waals surface area contributed by atoms with Crippen LogP contribution >= 0.6 is 0 Å². The van der Waals surface area contributed by atoms with Gasteiger partial charge in [-0.1, -0.05) is 96.1 Å². The predicted octanol–water partition coefficient (Wildman–Crippen LogP) is 8.54. The monoisotopic (exact) mass is 642 g/mol. The Morgan fingerprint density at radius 3 is 2.26 bits per heavy atom. The molecule has 0 N–H and O–H groups in total. The number of nitrogens with zero attached hydrogens (tertiary/aromatic N) is 3. The number of pyridine rings is 1. The Bertz CT molecular complexity index is 1330. The van der Waals surface area contributed by atoms with Gasteiger partial charge in [0.25, 0.3) is 0 Å². The molecule has 0 amide bonds. The van der Waals surface area contributed by atoms with Crippen LogP contribution in [0.3, 0.4) is 0 Å². The molecule has 0 aliphatic rings. The van der Waals surface area contributed by atoms with Gasteiger partial charge in [0, 0.05) is 23.9 Å². The number of rotatable bonds is 5. The molecule has 0 bridgehead atoms. The quantitative estimate of drug-likeness (QED) is 0.159. The Morgan fingerprint density at radius 2 is 1.54 bits per heavy atom. The molecule has 0 unspecified atom stereocenters. The van der Waals surface area contributed by atoms with Crippen LogP contribution in [0.2, 0.25) is 0 Å². The number of hydrogen-bond acceptors (Lipinski definition) is 2. The van der Waals surface area contributed by atoms with E-state index in [2.05, 4.69) is 113 Å². The van der Waals surface area contributed by atoms with E-state index < -0.39 is 0 Å². The van der Waals surface area contributed by atoms with E-state index >= 15 is 0 Å². The smallest absolute Gasteiger partial charge is 0.679 e. The predicted molar refractivity (Wildman–Crippen MR) is 145 cm³/mol. The summed E-state index contributed by atoms with van der Waals surface area (Å²) in [5, 5.41) is 7.28. The minimum atomic E-state index is -0.159. The van der Waals surface area contributed by atoms with Gasteiger partial charge in [-0.15, -0.1) is 46.6 Å². The van der Waals surface area contributed by atoms with Crippen molar-refractivity contribution in [1.82, 2.24) is 4.98 Å². The number of para-hydroxylation sites is 1. The summed E-state index contributed by atoms with van der Waals surface area (Å²) >= 11 is 0. The largest absolute Gasteiger partial charge is 2.00 e. The molecule has 0 aliphatic heterocycles. The van der Waals surface area contributed by atoms with Crippen molar-refractivity contribution in [2.45, 2.75) is 53.6 Å². The van der Waals surface area contributed by atoms with Crippen LogP contribution in [0, 0.1) is 11.5 Å². The number of hydrogen-bond donors (Lipinski definition) is 0. The second-order valence-corrected chi connectivity index (χ2v) is 10.7. The summed E-state index contributed by atoms with van der Waals surface area (Å²) in [4.78, 5) is 9.78. The first-order valence-electron chi connectivity index (χ1n) is 11.8. The average molecular weight is 643 g/mol. The second kappa shape index (κ2) is 10.9. The van der Waals surface area contributed by atoms with Crippen LogP contribution in [0.25, 0.3) is 27.3 Å². The van der Waals surface area contributed by atoms with Crippen LogP contribution < -0.4 is 0 Å². The fourth-order valence-corrected chi connectivity index (χ4v) is 4.01.